The number of nitrogens with one attached hydrogen (secondary N) is 1. The number of thiophene rings is 1. The zero-order chi connectivity index (χ0) is 19.6. The van der Waals surface area contributed by atoms with E-state index in [-0.39, 0.29) is 16.3 Å². The monoisotopic (exact) mass is 428 g/mol. The lowest BCUT2D eigenvalue weighted by molar-refractivity contribution is 0.572. The molecule has 2 heterocycles. The first-order chi connectivity index (χ1) is 12.7. The third-order valence-electron chi connectivity index (χ3n) is 3.64. The Bertz CT molecular complexity index is 1020. The highest BCUT2D eigenvalue weighted by Crippen LogP contribution is 2.31. The molecular formula is C18H18F2N2O2S3. The Morgan fingerprint density at radius 2 is 1.78 bits per heavy atom. The van der Waals surface area contributed by atoms with E-state index in [1.807, 2.05) is 5.38 Å². The Hall–Kier alpha value is -1.68. The van der Waals surface area contributed by atoms with Gasteiger partial charge in [0, 0.05) is 28.9 Å². The number of rotatable bonds is 7. The second-order valence-corrected chi connectivity index (χ2v) is 10.3. The molecule has 0 spiro atoms. The van der Waals surface area contributed by atoms with Crippen molar-refractivity contribution in [1.82, 2.24) is 9.71 Å². The van der Waals surface area contributed by atoms with Crippen molar-refractivity contribution in [1.29, 1.82) is 0 Å². The first kappa shape index (κ1) is 20.1. The van der Waals surface area contributed by atoms with Gasteiger partial charge in [-0.1, -0.05) is 13.8 Å². The van der Waals surface area contributed by atoms with Crippen molar-refractivity contribution in [2.45, 2.75) is 31.0 Å². The Balaban J connectivity index is 1.73. The van der Waals surface area contributed by atoms with Gasteiger partial charge in [0.2, 0.25) is 10.0 Å². The summed E-state index contributed by atoms with van der Waals surface area (Å²) in [5.74, 6) is -0.998. The van der Waals surface area contributed by atoms with Crippen molar-refractivity contribution >= 4 is 32.7 Å². The van der Waals surface area contributed by atoms with Crippen molar-refractivity contribution in [2.75, 3.05) is 0 Å². The molecule has 3 aromatic rings. The SMILES string of the molecule is CC(C)Cc1csc(-c2csc(S(=O)(=O)NCc3cc(F)cc(F)c3)c2)n1. The Morgan fingerprint density at radius 3 is 2.44 bits per heavy atom. The normalized spacial score (nSPS) is 12.0. The maximum absolute atomic E-state index is 13.2. The van der Waals surface area contributed by atoms with Gasteiger partial charge in [0.15, 0.2) is 0 Å². The lowest BCUT2D eigenvalue weighted by Crippen LogP contribution is -2.22. The summed E-state index contributed by atoms with van der Waals surface area (Å²) in [6.45, 7) is 4.04. The van der Waals surface area contributed by atoms with Gasteiger partial charge in [-0.2, -0.15) is 0 Å². The van der Waals surface area contributed by atoms with Crippen molar-refractivity contribution in [3.63, 3.8) is 0 Å². The van der Waals surface area contributed by atoms with Crippen LogP contribution in [0.2, 0.25) is 0 Å². The molecule has 4 nitrogen and oxygen atoms in total. The minimum absolute atomic E-state index is 0.134. The second kappa shape index (κ2) is 8.14. The van der Waals surface area contributed by atoms with E-state index < -0.39 is 21.7 Å². The maximum atomic E-state index is 13.2. The van der Waals surface area contributed by atoms with Crippen molar-refractivity contribution < 1.29 is 17.2 Å². The first-order valence-electron chi connectivity index (χ1n) is 8.21. The molecule has 0 atom stereocenters. The van der Waals surface area contributed by atoms with Gasteiger partial charge >= 0.3 is 0 Å². The van der Waals surface area contributed by atoms with Crippen molar-refractivity contribution in [2.24, 2.45) is 5.92 Å². The summed E-state index contributed by atoms with van der Waals surface area (Å²) < 4.78 is 53.9. The lowest BCUT2D eigenvalue weighted by atomic mass is 10.1. The van der Waals surface area contributed by atoms with Crippen molar-refractivity contribution in [3.8, 4) is 10.6 Å². The number of hydrogen-bond acceptors (Lipinski definition) is 5. The van der Waals surface area contributed by atoms with Gasteiger partial charge in [-0.05, 0) is 36.1 Å². The summed E-state index contributed by atoms with van der Waals surface area (Å²) in [5.41, 5.74) is 1.95. The zero-order valence-corrected chi connectivity index (χ0v) is 17.1. The van der Waals surface area contributed by atoms with E-state index in [1.165, 1.54) is 11.3 Å². The van der Waals surface area contributed by atoms with Gasteiger partial charge in [0.05, 0.1) is 5.69 Å². The molecule has 9 heteroatoms. The van der Waals surface area contributed by atoms with Crippen LogP contribution in [0.1, 0.15) is 25.1 Å². The summed E-state index contributed by atoms with van der Waals surface area (Å²) in [4.78, 5) is 4.56. The molecule has 27 heavy (non-hydrogen) atoms. The van der Waals surface area contributed by atoms with Crippen LogP contribution in [0.25, 0.3) is 10.6 Å². The van der Waals surface area contributed by atoms with Crippen LogP contribution in [-0.4, -0.2) is 13.4 Å². The van der Waals surface area contributed by atoms with Crippen LogP contribution in [0.5, 0.6) is 0 Å². The minimum atomic E-state index is -3.78. The predicted molar refractivity (Wildman–Crippen MR) is 104 cm³/mol. The fraction of sp³-hybridized carbons (Fsp3) is 0.278. The Labute approximate surface area is 165 Å². The number of sulfonamides is 1. The molecule has 1 aromatic carbocycles. The van der Waals surface area contributed by atoms with Gasteiger partial charge in [-0.15, -0.1) is 22.7 Å². The second-order valence-electron chi connectivity index (χ2n) is 6.50. The summed E-state index contributed by atoms with van der Waals surface area (Å²) in [6, 6.07) is 4.50. The Morgan fingerprint density at radius 1 is 1.07 bits per heavy atom. The molecule has 144 valence electrons. The molecule has 0 bridgehead atoms. The topological polar surface area (TPSA) is 59.1 Å². The molecule has 0 saturated carbocycles. The van der Waals surface area contributed by atoms with Crippen LogP contribution >= 0.6 is 22.7 Å². The molecular weight excluding hydrogens is 410 g/mol. The number of halogens is 2. The smallest absolute Gasteiger partial charge is 0.241 e. The van der Waals surface area contributed by atoms with Gasteiger partial charge in [-0.25, -0.2) is 26.9 Å². The molecule has 3 rings (SSSR count). The van der Waals surface area contributed by atoms with Crippen molar-refractivity contribution in [3.05, 3.63) is 57.9 Å². The standard InChI is InChI=1S/C18H18F2N2O2S3/c1-11(2)3-16-10-26-18(22-16)13-6-17(25-9-13)27(23,24)21-8-12-4-14(19)7-15(20)5-12/h4-7,9-11,21H,3,8H2,1-2H3. The van der Waals surface area contributed by atoms with E-state index in [0.29, 0.717) is 5.92 Å². The summed E-state index contributed by atoms with van der Waals surface area (Å²) >= 11 is 2.56. The average Bonchev–Trinajstić information content (AvgIpc) is 3.21. The molecule has 1 N–H and O–H groups in total. The number of benzene rings is 1. The van der Waals surface area contributed by atoms with Gasteiger partial charge in [0.1, 0.15) is 20.9 Å². The minimum Gasteiger partial charge on any atom is -0.241 e. The Kier molecular flexibility index (Phi) is 6.05. The van der Waals surface area contributed by atoms with Gasteiger partial charge in [0.25, 0.3) is 0 Å². The summed E-state index contributed by atoms with van der Waals surface area (Å²) in [5, 5.41) is 4.50. The largest absolute Gasteiger partial charge is 0.250 e. The molecule has 0 amide bonds. The zero-order valence-electron chi connectivity index (χ0n) is 14.7. The molecule has 0 saturated heterocycles. The number of thiazole rings is 1. The molecule has 0 aliphatic rings. The van der Waals surface area contributed by atoms with Crippen LogP contribution in [0.15, 0.2) is 39.2 Å². The van der Waals surface area contributed by atoms with Crippen LogP contribution in [0.3, 0.4) is 0 Å². The number of nitrogens with zero attached hydrogens (tertiary/aromatic N) is 1. The molecule has 2 aromatic heterocycles. The highest BCUT2D eigenvalue weighted by atomic mass is 32.2. The molecule has 0 radical (unpaired) electrons. The fourth-order valence-corrected chi connectivity index (χ4v) is 5.61. The molecule has 0 fully saturated rings. The number of hydrogen-bond donors (Lipinski definition) is 1. The van der Waals surface area contributed by atoms with Gasteiger partial charge in [-0.3, -0.25) is 0 Å². The van der Waals surface area contributed by atoms with E-state index >= 15 is 0 Å². The van der Waals surface area contributed by atoms with E-state index in [1.54, 1.807) is 11.4 Å². The van der Waals surface area contributed by atoms with E-state index in [0.717, 1.165) is 52.2 Å². The predicted octanol–water partition coefficient (Wildman–Crippen LogP) is 4.83. The third kappa shape index (κ3) is 5.19. The van der Waals surface area contributed by atoms with E-state index in [2.05, 4.69) is 23.6 Å². The highest BCUT2D eigenvalue weighted by molar-refractivity contribution is 7.91. The number of aromatic nitrogens is 1. The van der Waals surface area contributed by atoms with Crippen LogP contribution in [0.4, 0.5) is 8.78 Å². The average molecular weight is 429 g/mol. The van der Waals surface area contributed by atoms with E-state index in [9.17, 15) is 17.2 Å². The first-order valence-corrected chi connectivity index (χ1v) is 11.4. The maximum Gasteiger partial charge on any atom is 0.250 e. The summed E-state index contributed by atoms with van der Waals surface area (Å²) in [7, 11) is -3.78. The quantitative estimate of drug-likeness (QED) is 0.587. The van der Waals surface area contributed by atoms with Crippen LogP contribution in [0, 0.1) is 17.6 Å². The van der Waals surface area contributed by atoms with E-state index in [4.69, 9.17) is 0 Å². The highest BCUT2D eigenvalue weighted by Gasteiger charge is 2.18. The third-order valence-corrected chi connectivity index (χ3v) is 7.43. The molecule has 0 aliphatic heterocycles. The summed E-state index contributed by atoms with van der Waals surface area (Å²) in [6.07, 6.45) is 0.873. The molecule has 0 aliphatic carbocycles. The lowest BCUT2D eigenvalue weighted by Gasteiger charge is -2.05. The molecule has 0 unspecified atom stereocenters. The van der Waals surface area contributed by atoms with Gasteiger partial charge < -0.3 is 0 Å². The van der Waals surface area contributed by atoms with Crippen LogP contribution < -0.4 is 4.72 Å². The van der Waals surface area contributed by atoms with Crippen LogP contribution in [-0.2, 0) is 23.0 Å². The fourth-order valence-electron chi connectivity index (χ4n) is 2.48.